The molecule has 2 N–H and O–H groups in total. The number of carboxylic acids is 1. The highest BCUT2D eigenvalue weighted by Crippen LogP contribution is 2.23. The van der Waals surface area contributed by atoms with Crippen LogP contribution in [0, 0.1) is 0 Å². The van der Waals surface area contributed by atoms with E-state index in [4.69, 9.17) is 5.11 Å². The van der Waals surface area contributed by atoms with E-state index in [1.54, 1.807) is 12.1 Å². The van der Waals surface area contributed by atoms with Gasteiger partial charge in [-0.15, -0.1) is 0 Å². The first-order chi connectivity index (χ1) is 7.41. The van der Waals surface area contributed by atoms with Crippen LogP contribution in [0.25, 0.3) is 5.57 Å². The van der Waals surface area contributed by atoms with Gasteiger partial charge in [0, 0.05) is 12.1 Å². The van der Waals surface area contributed by atoms with Gasteiger partial charge in [0.2, 0.25) is 0 Å². The van der Waals surface area contributed by atoms with Crippen LogP contribution in [-0.2, 0) is 11.3 Å². The number of benzene rings is 1. The fourth-order valence-corrected chi connectivity index (χ4v) is 1.36. The Morgan fingerprint density at radius 3 is 2.56 bits per heavy atom. The van der Waals surface area contributed by atoms with Crippen LogP contribution < -0.4 is 0 Å². The zero-order valence-corrected chi connectivity index (χ0v) is 9.40. The minimum Gasteiger partial charge on any atom is -0.508 e. The van der Waals surface area contributed by atoms with E-state index in [1.165, 1.54) is 6.07 Å². The van der Waals surface area contributed by atoms with Gasteiger partial charge >= 0.3 is 5.97 Å². The standard InChI is InChI=1S/C12H15NO3/c1-8(12(15)16)9-4-5-11(14)10(6-9)7-13(2)3/h4-6,14H,1,7H2,2-3H3,(H,15,16). The summed E-state index contributed by atoms with van der Waals surface area (Å²) in [6.45, 7) is 4.03. The molecule has 0 radical (unpaired) electrons. The molecule has 0 fully saturated rings. The molecule has 1 aromatic carbocycles. The summed E-state index contributed by atoms with van der Waals surface area (Å²) in [6, 6.07) is 4.68. The number of rotatable bonds is 4. The third-order valence-corrected chi connectivity index (χ3v) is 2.17. The van der Waals surface area contributed by atoms with Crippen molar-refractivity contribution in [2.45, 2.75) is 6.54 Å². The molecular weight excluding hydrogens is 206 g/mol. The summed E-state index contributed by atoms with van der Waals surface area (Å²) in [4.78, 5) is 12.6. The van der Waals surface area contributed by atoms with Crippen molar-refractivity contribution in [2.75, 3.05) is 14.1 Å². The van der Waals surface area contributed by atoms with Gasteiger partial charge in [0.25, 0.3) is 0 Å². The van der Waals surface area contributed by atoms with Crippen molar-refractivity contribution < 1.29 is 15.0 Å². The summed E-state index contributed by atoms with van der Waals surface area (Å²) in [5.41, 5.74) is 1.23. The average Bonchev–Trinajstić information content (AvgIpc) is 2.19. The maximum atomic E-state index is 10.7. The zero-order valence-electron chi connectivity index (χ0n) is 9.40. The minimum atomic E-state index is -1.05. The van der Waals surface area contributed by atoms with Gasteiger partial charge in [-0.1, -0.05) is 12.6 Å². The third-order valence-electron chi connectivity index (χ3n) is 2.17. The van der Waals surface area contributed by atoms with Crippen molar-refractivity contribution in [2.24, 2.45) is 0 Å². The summed E-state index contributed by atoms with van der Waals surface area (Å²) in [6.07, 6.45) is 0. The number of hydrogen-bond acceptors (Lipinski definition) is 3. The summed E-state index contributed by atoms with van der Waals surface area (Å²) < 4.78 is 0. The Kier molecular flexibility index (Phi) is 3.68. The van der Waals surface area contributed by atoms with Crippen LogP contribution in [-0.4, -0.2) is 35.2 Å². The molecule has 0 saturated carbocycles. The van der Waals surface area contributed by atoms with Crippen molar-refractivity contribution in [3.8, 4) is 5.75 Å². The molecule has 0 aliphatic rings. The molecule has 0 spiro atoms. The first-order valence-electron chi connectivity index (χ1n) is 4.81. The smallest absolute Gasteiger partial charge is 0.335 e. The van der Waals surface area contributed by atoms with E-state index < -0.39 is 5.97 Å². The Morgan fingerprint density at radius 2 is 2.06 bits per heavy atom. The highest BCUT2D eigenvalue weighted by atomic mass is 16.4. The molecule has 0 unspecified atom stereocenters. The fourth-order valence-electron chi connectivity index (χ4n) is 1.36. The van der Waals surface area contributed by atoms with E-state index in [9.17, 15) is 9.90 Å². The van der Waals surface area contributed by atoms with E-state index >= 15 is 0 Å². The molecule has 4 heteroatoms. The van der Waals surface area contributed by atoms with Crippen LogP contribution in [0.2, 0.25) is 0 Å². The lowest BCUT2D eigenvalue weighted by Gasteiger charge is -2.12. The van der Waals surface area contributed by atoms with Crippen LogP contribution in [0.4, 0.5) is 0 Å². The van der Waals surface area contributed by atoms with Crippen molar-refractivity contribution in [1.82, 2.24) is 4.90 Å². The quantitative estimate of drug-likeness (QED) is 0.757. The molecular formula is C12H15NO3. The predicted octanol–water partition coefficient (Wildman–Crippen LogP) is 1.55. The SMILES string of the molecule is C=C(C(=O)O)c1ccc(O)c(CN(C)C)c1. The molecule has 0 aromatic heterocycles. The van der Waals surface area contributed by atoms with Crippen LogP contribution in [0.5, 0.6) is 5.75 Å². The fraction of sp³-hybridized carbons (Fsp3) is 0.250. The van der Waals surface area contributed by atoms with E-state index in [2.05, 4.69) is 6.58 Å². The highest BCUT2D eigenvalue weighted by Gasteiger charge is 2.10. The second kappa shape index (κ2) is 4.81. The molecule has 0 amide bonds. The topological polar surface area (TPSA) is 60.8 Å². The lowest BCUT2D eigenvalue weighted by Crippen LogP contribution is -2.11. The second-order valence-corrected chi connectivity index (χ2v) is 3.86. The van der Waals surface area contributed by atoms with Crippen molar-refractivity contribution in [3.05, 3.63) is 35.9 Å². The number of hydrogen-bond donors (Lipinski definition) is 2. The highest BCUT2D eigenvalue weighted by molar-refractivity contribution is 6.14. The van der Waals surface area contributed by atoms with Gasteiger partial charge in [-0.3, -0.25) is 0 Å². The molecule has 0 atom stereocenters. The number of phenols is 1. The van der Waals surface area contributed by atoms with E-state index in [-0.39, 0.29) is 11.3 Å². The van der Waals surface area contributed by atoms with Crippen LogP contribution in [0.15, 0.2) is 24.8 Å². The number of aliphatic carboxylic acids is 1. The largest absolute Gasteiger partial charge is 0.508 e. The Morgan fingerprint density at radius 1 is 1.44 bits per heavy atom. The lowest BCUT2D eigenvalue weighted by molar-refractivity contribution is -0.130. The van der Waals surface area contributed by atoms with Gasteiger partial charge in [0.05, 0.1) is 5.57 Å². The molecule has 86 valence electrons. The van der Waals surface area contributed by atoms with E-state index in [1.807, 2.05) is 19.0 Å². The van der Waals surface area contributed by atoms with Gasteiger partial charge in [-0.05, 0) is 31.8 Å². The van der Waals surface area contributed by atoms with Gasteiger partial charge < -0.3 is 15.1 Å². The average molecular weight is 221 g/mol. The van der Waals surface area contributed by atoms with E-state index in [0.717, 1.165) is 0 Å². The second-order valence-electron chi connectivity index (χ2n) is 3.86. The van der Waals surface area contributed by atoms with Crippen LogP contribution >= 0.6 is 0 Å². The Bertz CT molecular complexity index is 424. The number of phenolic OH excluding ortho intramolecular Hbond substituents is 1. The predicted molar refractivity (Wildman–Crippen MR) is 62.2 cm³/mol. The number of carboxylic acid groups (broad SMARTS) is 1. The summed E-state index contributed by atoms with van der Waals surface area (Å²) in [5.74, 6) is -0.892. The normalized spacial score (nSPS) is 10.4. The third kappa shape index (κ3) is 2.84. The molecule has 0 heterocycles. The summed E-state index contributed by atoms with van der Waals surface area (Å²) in [5, 5.41) is 18.4. The molecule has 1 aromatic rings. The number of aromatic hydroxyl groups is 1. The summed E-state index contributed by atoms with van der Waals surface area (Å²) >= 11 is 0. The molecule has 0 saturated heterocycles. The zero-order chi connectivity index (χ0) is 12.3. The van der Waals surface area contributed by atoms with Gasteiger partial charge in [0.15, 0.2) is 0 Å². The first kappa shape index (κ1) is 12.3. The van der Waals surface area contributed by atoms with Crippen molar-refractivity contribution >= 4 is 11.5 Å². The molecule has 16 heavy (non-hydrogen) atoms. The lowest BCUT2D eigenvalue weighted by atomic mass is 10.0. The minimum absolute atomic E-state index is 0.0278. The van der Waals surface area contributed by atoms with Crippen LogP contribution in [0.1, 0.15) is 11.1 Å². The Hall–Kier alpha value is -1.81. The van der Waals surface area contributed by atoms with Gasteiger partial charge in [0.1, 0.15) is 5.75 Å². The van der Waals surface area contributed by atoms with Gasteiger partial charge in [-0.2, -0.15) is 0 Å². The van der Waals surface area contributed by atoms with Crippen molar-refractivity contribution in [1.29, 1.82) is 0 Å². The van der Waals surface area contributed by atoms with E-state index in [0.29, 0.717) is 17.7 Å². The maximum Gasteiger partial charge on any atom is 0.335 e. The molecule has 1 rings (SSSR count). The monoisotopic (exact) mass is 221 g/mol. The Balaban J connectivity index is 3.07. The Labute approximate surface area is 94.4 Å². The first-order valence-corrected chi connectivity index (χ1v) is 4.81. The molecule has 0 aliphatic carbocycles. The number of carbonyl (C=O) groups is 1. The number of nitrogens with zero attached hydrogens (tertiary/aromatic N) is 1. The van der Waals surface area contributed by atoms with Crippen LogP contribution in [0.3, 0.4) is 0 Å². The maximum absolute atomic E-state index is 10.7. The molecule has 4 nitrogen and oxygen atoms in total. The van der Waals surface area contributed by atoms with Crippen molar-refractivity contribution in [3.63, 3.8) is 0 Å². The van der Waals surface area contributed by atoms with Gasteiger partial charge in [-0.25, -0.2) is 4.79 Å². The molecule has 0 bridgehead atoms. The summed E-state index contributed by atoms with van der Waals surface area (Å²) in [7, 11) is 3.75. The molecule has 0 aliphatic heterocycles.